The first-order chi connectivity index (χ1) is 11.6. The largest absolute Gasteiger partial charge is 0.369 e. The molecule has 130 valence electrons. The highest BCUT2D eigenvalue weighted by Crippen LogP contribution is 2.26. The molecular weight excluding hydrogens is 322 g/mol. The fraction of sp³-hybridized carbons (Fsp3) is 0.222. The van der Waals surface area contributed by atoms with Crippen LogP contribution in [-0.4, -0.2) is 16.7 Å². The summed E-state index contributed by atoms with van der Waals surface area (Å²) in [5, 5.41) is 13.8. The van der Waals surface area contributed by atoms with Gasteiger partial charge in [0.15, 0.2) is 0 Å². The van der Waals surface area contributed by atoms with Gasteiger partial charge in [-0.15, -0.1) is 0 Å². The highest BCUT2D eigenvalue weighted by Gasteiger charge is 2.27. The highest BCUT2D eigenvalue weighted by molar-refractivity contribution is 6.08. The van der Waals surface area contributed by atoms with E-state index in [9.17, 15) is 19.7 Å². The Labute approximate surface area is 145 Å². The first kappa shape index (κ1) is 18.1. The van der Waals surface area contributed by atoms with Gasteiger partial charge in [-0.1, -0.05) is 24.3 Å². The number of carbonyl (C=O) groups is 2. The number of hydrogen-bond acceptors (Lipinski definition) is 4. The Bertz CT molecular complexity index is 842. The van der Waals surface area contributed by atoms with E-state index < -0.39 is 22.2 Å². The summed E-state index contributed by atoms with van der Waals surface area (Å²) in [6.07, 6.45) is 0. The number of aryl methyl sites for hydroxylation is 1. The van der Waals surface area contributed by atoms with Crippen LogP contribution in [0.1, 0.15) is 35.3 Å². The Morgan fingerprint density at radius 1 is 1.12 bits per heavy atom. The van der Waals surface area contributed by atoms with Crippen molar-refractivity contribution in [3.8, 4) is 0 Å². The lowest BCUT2D eigenvalue weighted by Crippen LogP contribution is -2.35. The lowest BCUT2D eigenvalue weighted by molar-refractivity contribution is -0.385. The van der Waals surface area contributed by atoms with Crippen LogP contribution in [0.5, 0.6) is 0 Å². The van der Waals surface area contributed by atoms with Crippen molar-refractivity contribution in [1.29, 1.82) is 0 Å². The first-order valence-electron chi connectivity index (χ1n) is 7.60. The number of nitrogens with zero attached hydrogens (tertiary/aromatic N) is 1. The van der Waals surface area contributed by atoms with E-state index in [0.29, 0.717) is 16.8 Å². The quantitative estimate of drug-likeness (QED) is 0.642. The minimum atomic E-state index is -0.836. The number of hydrogen-bond donors (Lipinski definition) is 2. The summed E-state index contributed by atoms with van der Waals surface area (Å²) < 4.78 is 0. The van der Waals surface area contributed by atoms with Crippen molar-refractivity contribution in [2.45, 2.75) is 26.2 Å². The minimum absolute atomic E-state index is 0.0223. The summed E-state index contributed by atoms with van der Waals surface area (Å²) in [4.78, 5) is 34.5. The van der Waals surface area contributed by atoms with Gasteiger partial charge in [0.2, 0.25) is 5.91 Å². The maximum Gasteiger partial charge on any atom is 0.282 e. The summed E-state index contributed by atoms with van der Waals surface area (Å²) in [6.45, 7) is 5.06. The second kappa shape index (κ2) is 6.72. The Kier molecular flexibility index (Phi) is 4.87. The Morgan fingerprint density at radius 2 is 1.72 bits per heavy atom. The van der Waals surface area contributed by atoms with Gasteiger partial charge in [0.25, 0.3) is 11.6 Å². The first-order valence-corrected chi connectivity index (χ1v) is 7.60. The molecule has 0 saturated heterocycles. The summed E-state index contributed by atoms with van der Waals surface area (Å²) in [7, 11) is 0. The fourth-order valence-electron chi connectivity index (χ4n) is 2.41. The number of nitrogens with two attached hydrogens (primary N) is 1. The maximum absolute atomic E-state index is 12.5. The number of primary amides is 1. The molecule has 0 saturated carbocycles. The molecule has 3 N–H and O–H groups in total. The second-order valence-electron chi connectivity index (χ2n) is 6.25. The van der Waals surface area contributed by atoms with Crippen LogP contribution in [0.3, 0.4) is 0 Å². The molecule has 0 aromatic heterocycles. The van der Waals surface area contributed by atoms with Crippen molar-refractivity contribution in [2.24, 2.45) is 5.73 Å². The van der Waals surface area contributed by atoms with E-state index in [1.165, 1.54) is 12.1 Å². The molecule has 0 atom stereocenters. The Hall–Kier alpha value is -3.22. The predicted molar refractivity (Wildman–Crippen MR) is 94.4 cm³/mol. The normalized spacial score (nSPS) is 11.0. The van der Waals surface area contributed by atoms with Crippen LogP contribution in [0.2, 0.25) is 0 Å². The number of nitrogens with one attached hydrogen (secondary N) is 1. The number of anilines is 1. The monoisotopic (exact) mass is 341 g/mol. The summed E-state index contributed by atoms with van der Waals surface area (Å²) in [5.74, 6) is -1.02. The van der Waals surface area contributed by atoms with Crippen LogP contribution in [0, 0.1) is 17.0 Å². The van der Waals surface area contributed by atoms with E-state index in [4.69, 9.17) is 5.73 Å². The minimum Gasteiger partial charge on any atom is -0.369 e. The maximum atomic E-state index is 12.5. The van der Waals surface area contributed by atoms with Crippen LogP contribution in [0.25, 0.3) is 0 Å². The molecule has 2 aromatic rings. The number of rotatable bonds is 5. The van der Waals surface area contributed by atoms with E-state index >= 15 is 0 Å². The molecule has 0 fully saturated rings. The fourth-order valence-corrected chi connectivity index (χ4v) is 2.41. The van der Waals surface area contributed by atoms with E-state index in [0.717, 1.165) is 0 Å². The molecule has 2 rings (SSSR count). The zero-order valence-electron chi connectivity index (χ0n) is 14.2. The van der Waals surface area contributed by atoms with Crippen LogP contribution in [0.4, 0.5) is 11.4 Å². The molecular formula is C18H19N3O4. The number of nitro groups is 1. The Morgan fingerprint density at radius 3 is 2.24 bits per heavy atom. The smallest absolute Gasteiger partial charge is 0.282 e. The molecule has 7 nitrogen and oxygen atoms in total. The van der Waals surface area contributed by atoms with Gasteiger partial charge in [0.1, 0.15) is 5.56 Å². The number of carbonyl (C=O) groups excluding carboxylic acids is 2. The number of amides is 2. The van der Waals surface area contributed by atoms with Crippen LogP contribution in [0.15, 0.2) is 42.5 Å². The van der Waals surface area contributed by atoms with E-state index in [2.05, 4.69) is 5.32 Å². The molecule has 0 heterocycles. The molecule has 7 heteroatoms. The van der Waals surface area contributed by atoms with Gasteiger partial charge in [0.05, 0.1) is 10.3 Å². The van der Waals surface area contributed by atoms with E-state index in [1.807, 2.05) is 0 Å². The average molecular weight is 341 g/mol. The third-order valence-electron chi connectivity index (χ3n) is 4.16. The van der Waals surface area contributed by atoms with Gasteiger partial charge in [-0.3, -0.25) is 19.7 Å². The standard InChI is InChI=1S/C18H19N3O4/c1-11-5-4-6-14(21(24)25)15(11)16(22)20-13-9-7-12(8-10-13)18(2,3)17(19)23/h4-10H,1-3H3,(H2,19,23)(H,20,22). The molecule has 25 heavy (non-hydrogen) atoms. The van der Waals surface area contributed by atoms with E-state index in [-0.39, 0.29) is 11.3 Å². The van der Waals surface area contributed by atoms with Crippen molar-refractivity contribution in [2.75, 3.05) is 5.32 Å². The zero-order chi connectivity index (χ0) is 18.8. The average Bonchev–Trinajstić information content (AvgIpc) is 2.54. The molecule has 0 bridgehead atoms. The predicted octanol–water partition coefficient (Wildman–Crippen LogP) is 2.92. The third-order valence-corrected chi connectivity index (χ3v) is 4.16. The van der Waals surface area contributed by atoms with Gasteiger partial charge in [-0.05, 0) is 44.0 Å². The molecule has 0 spiro atoms. The number of benzene rings is 2. The van der Waals surface area contributed by atoms with E-state index in [1.54, 1.807) is 51.1 Å². The number of nitro benzene ring substituents is 1. The van der Waals surface area contributed by atoms with Crippen LogP contribution >= 0.6 is 0 Å². The van der Waals surface area contributed by atoms with Crippen molar-refractivity contribution >= 4 is 23.2 Å². The van der Waals surface area contributed by atoms with Crippen molar-refractivity contribution < 1.29 is 14.5 Å². The van der Waals surface area contributed by atoms with Crippen LogP contribution < -0.4 is 11.1 Å². The van der Waals surface area contributed by atoms with Crippen LogP contribution in [-0.2, 0) is 10.2 Å². The summed E-state index contributed by atoms with van der Waals surface area (Å²) in [5.41, 5.74) is 6.01. The molecule has 0 radical (unpaired) electrons. The second-order valence-corrected chi connectivity index (χ2v) is 6.25. The molecule has 0 aliphatic rings. The van der Waals surface area contributed by atoms with Crippen molar-refractivity contribution in [3.05, 3.63) is 69.3 Å². The van der Waals surface area contributed by atoms with Crippen molar-refractivity contribution in [3.63, 3.8) is 0 Å². The van der Waals surface area contributed by atoms with Gasteiger partial charge in [0, 0.05) is 11.8 Å². The van der Waals surface area contributed by atoms with Gasteiger partial charge < -0.3 is 11.1 Å². The lowest BCUT2D eigenvalue weighted by Gasteiger charge is -2.21. The third kappa shape index (κ3) is 3.65. The Balaban J connectivity index is 2.28. The highest BCUT2D eigenvalue weighted by atomic mass is 16.6. The molecule has 0 aliphatic carbocycles. The lowest BCUT2D eigenvalue weighted by atomic mass is 9.84. The zero-order valence-corrected chi connectivity index (χ0v) is 14.2. The van der Waals surface area contributed by atoms with Gasteiger partial charge in [-0.25, -0.2) is 0 Å². The molecule has 0 unspecified atom stereocenters. The van der Waals surface area contributed by atoms with Gasteiger partial charge >= 0.3 is 0 Å². The SMILES string of the molecule is Cc1cccc([N+](=O)[O-])c1C(=O)Nc1ccc(C(C)(C)C(N)=O)cc1. The van der Waals surface area contributed by atoms with Gasteiger partial charge in [-0.2, -0.15) is 0 Å². The summed E-state index contributed by atoms with van der Waals surface area (Å²) in [6, 6.07) is 11.1. The molecule has 2 aromatic carbocycles. The molecule has 2 amide bonds. The van der Waals surface area contributed by atoms with Crippen molar-refractivity contribution in [1.82, 2.24) is 0 Å². The molecule has 0 aliphatic heterocycles. The topological polar surface area (TPSA) is 115 Å². The summed E-state index contributed by atoms with van der Waals surface area (Å²) >= 11 is 0.